The Morgan fingerprint density at radius 1 is 1.17 bits per heavy atom. The highest BCUT2D eigenvalue weighted by molar-refractivity contribution is 6.35. The molecule has 7 heteroatoms. The van der Waals surface area contributed by atoms with Gasteiger partial charge in [0.15, 0.2) is 0 Å². The van der Waals surface area contributed by atoms with Crippen LogP contribution in [0, 0.1) is 0 Å². The lowest BCUT2D eigenvalue weighted by atomic mass is 10.1. The SMILES string of the molecule is CC(=O)Nc1cccc(O[C@H]2c3cc(Cl)cc(Cl)c3C[C@@H]2N2C[C@H]3CC[C@@H](C2)N3)c1. The summed E-state index contributed by atoms with van der Waals surface area (Å²) in [5.74, 6) is 0.615. The summed E-state index contributed by atoms with van der Waals surface area (Å²) in [6.07, 6.45) is 3.15. The minimum Gasteiger partial charge on any atom is -0.484 e. The van der Waals surface area contributed by atoms with Gasteiger partial charge in [0.1, 0.15) is 11.9 Å². The number of hydrogen-bond donors (Lipinski definition) is 2. The largest absolute Gasteiger partial charge is 0.484 e. The zero-order chi connectivity index (χ0) is 20.8. The van der Waals surface area contributed by atoms with Crippen LogP contribution < -0.4 is 15.4 Å². The molecule has 2 aliphatic heterocycles. The second kappa shape index (κ2) is 8.04. The molecule has 2 saturated heterocycles. The van der Waals surface area contributed by atoms with Gasteiger partial charge in [-0.3, -0.25) is 9.69 Å². The van der Waals surface area contributed by atoms with Crippen LogP contribution in [0.25, 0.3) is 0 Å². The van der Waals surface area contributed by atoms with Crippen LogP contribution in [0.3, 0.4) is 0 Å². The van der Waals surface area contributed by atoms with Gasteiger partial charge in [-0.25, -0.2) is 0 Å². The molecule has 0 spiro atoms. The van der Waals surface area contributed by atoms with Gasteiger partial charge in [-0.05, 0) is 49.1 Å². The van der Waals surface area contributed by atoms with Gasteiger partial charge in [0, 0.05) is 59.5 Å². The molecule has 2 aromatic rings. The highest BCUT2D eigenvalue weighted by atomic mass is 35.5. The van der Waals surface area contributed by atoms with Crippen LogP contribution >= 0.6 is 23.2 Å². The number of carbonyl (C=O) groups excluding carboxylic acids is 1. The molecule has 2 fully saturated rings. The number of benzene rings is 2. The van der Waals surface area contributed by atoms with Crippen molar-refractivity contribution in [2.45, 2.75) is 50.4 Å². The molecule has 5 nitrogen and oxygen atoms in total. The fraction of sp³-hybridized carbons (Fsp3) is 0.435. The molecule has 0 radical (unpaired) electrons. The maximum absolute atomic E-state index is 11.4. The predicted octanol–water partition coefficient (Wildman–Crippen LogP) is 4.43. The standard InChI is InChI=1S/C23H25Cl2N3O2/c1-13(29)26-15-3-2-4-18(9-15)30-23-20-7-14(24)8-21(25)19(20)10-22(23)28-11-16-5-6-17(12-28)27-16/h2-4,7-9,16-17,22-23,27H,5-6,10-12H2,1H3,(H,26,29)/t16-,17+,22-,23-/m0/s1. The molecular formula is C23H25Cl2N3O2. The van der Waals surface area contributed by atoms with E-state index in [9.17, 15) is 4.79 Å². The number of amides is 1. The zero-order valence-corrected chi connectivity index (χ0v) is 18.3. The summed E-state index contributed by atoms with van der Waals surface area (Å²) in [6, 6.07) is 12.6. The van der Waals surface area contributed by atoms with Gasteiger partial charge in [0.05, 0.1) is 6.04 Å². The zero-order valence-electron chi connectivity index (χ0n) is 16.8. The van der Waals surface area contributed by atoms with E-state index >= 15 is 0 Å². The molecule has 3 aliphatic rings. The first kappa shape index (κ1) is 20.1. The average Bonchev–Trinajstić information content (AvgIpc) is 3.21. The van der Waals surface area contributed by atoms with Crippen LogP contribution in [-0.4, -0.2) is 42.0 Å². The quantitative estimate of drug-likeness (QED) is 0.730. The topological polar surface area (TPSA) is 53.6 Å². The Kier molecular flexibility index (Phi) is 5.40. The number of anilines is 1. The van der Waals surface area contributed by atoms with Gasteiger partial charge >= 0.3 is 0 Å². The molecule has 2 heterocycles. The minimum atomic E-state index is -0.165. The van der Waals surface area contributed by atoms with Crippen LogP contribution in [-0.2, 0) is 11.2 Å². The Morgan fingerprint density at radius 3 is 2.67 bits per heavy atom. The number of hydrogen-bond acceptors (Lipinski definition) is 4. The van der Waals surface area contributed by atoms with Crippen molar-refractivity contribution in [1.82, 2.24) is 10.2 Å². The summed E-state index contributed by atoms with van der Waals surface area (Å²) in [5.41, 5.74) is 2.91. The van der Waals surface area contributed by atoms with Crippen molar-refractivity contribution >= 4 is 34.8 Å². The molecule has 30 heavy (non-hydrogen) atoms. The molecular weight excluding hydrogens is 421 g/mol. The third-order valence-electron chi connectivity index (χ3n) is 6.40. The Bertz CT molecular complexity index is 971. The molecule has 5 rings (SSSR count). The normalized spacial score (nSPS) is 27.7. The fourth-order valence-corrected chi connectivity index (χ4v) is 5.76. The summed E-state index contributed by atoms with van der Waals surface area (Å²) < 4.78 is 6.56. The third kappa shape index (κ3) is 3.92. The molecule has 2 N–H and O–H groups in total. The summed E-state index contributed by atoms with van der Waals surface area (Å²) in [5, 5.41) is 7.86. The van der Waals surface area contributed by atoms with E-state index in [1.54, 1.807) is 0 Å². The highest BCUT2D eigenvalue weighted by Crippen LogP contribution is 2.43. The average molecular weight is 446 g/mol. The molecule has 1 amide bonds. The fourth-order valence-electron chi connectivity index (χ4n) is 5.18. The van der Waals surface area contributed by atoms with Crippen LogP contribution in [0.2, 0.25) is 10.0 Å². The summed E-state index contributed by atoms with van der Waals surface area (Å²) >= 11 is 12.9. The first-order chi connectivity index (χ1) is 14.5. The molecule has 0 saturated carbocycles. The van der Waals surface area contributed by atoms with E-state index < -0.39 is 0 Å². The van der Waals surface area contributed by atoms with Crippen molar-refractivity contribution in [2.24, 2.45) is 0 Å². The maximum atomic E-state index is 11.4. The first-order valence-electron chi connectivity index (χ1n) is 10.5. The predicted molar refractivity (Wildman–Crippen MR) is 120 cm³/mol. The number of likely N-dealkylation sites (tertiary alicyclic amines) is 1. The number of carbonyl (C=O) groups is 1. The van der Waals surface area contributed by atoms with Crippen molar-refractivity contribution in [2.75, 3.05) is 18.4 Å². The molecule has 0 aromatic heterocycles. The Balaban J connectivity index is 1.47. The van der Waals surface area contributed by atoms with E-state index in [0.717, 1.165) is 42.1 Å². The Labute approximate surface area is 186 Å². The number of halogens is 2. The van der Waals surface area contributed by atoms with E-state index in [2.05, 4.69) is 15.5 Å². The lowest BCUT2D eigenvalue weighted by Gasteiger charge is -2.39. The van der Waals surface area contributed by atoms with Crippen LogP contribution in [0.15, 0.2) is 36.4 Å². The molecule has 2 bridgehead atoms. The number of piperazine rings is 1. The highest BCUT2D eigenvalue weighted by Gasteiger charge is 2.43. The molecule has 4 atom stereocenters. The van der Waals surface area contributed by atoms with E-state index in [-0.39, 0.29) is 18.1 Å². The van der Waals surface area contributed by atoms with Crippen molar-refractivity contribution in [3.05, 3.63) is 57.6 Å². The smallest absolute Gasteiger partial charge is 0.221 e. The van der Waals surface area contributed by atoms with Gasteiger partial charge in [-0.1, -0.05) is 29.3 Å². The molecule has 158 valence electrons. The van der Waals surface area contributed by atoms with Gasteiger partial charge in [0.25, 0.3) is 0 Å². The van der Waals surface area contributed by atoms with Crippen LogP contribution in [0.5, 0.6) is 5.75 Å². The molecule has 0 unspecified atom stereocenters. The second-order valence-corrected chi connectivity index (χ2v) is 9.41. The van der Waals surface area contributed by atoms with Gasteiger partial charge < -0.3 is 15.4 Å². The lowest BCUT2D eigenvalue weighted by molar-refractivity contribution is -0.114. The van der Waals surface area contributed by atoms with Crippen LogP contribution in [0.1, 0.15) is 37.0 Å². The number of fused-ring (bicyclic) bond motifs is 3. The Morgan fingerprint density at radius 2 is 1.93 bits per heavy atom. The lowest BCUT2D eigenvalue weighted by Crippen LogP contribution is -2.55. The second-order valence-electron chi connectivity index (χ2n) is 8.57. The monoisotopic (exact) mass is 445 g/mol. The van der Waals surface area contributed by atoms with Crippen molar-refractivity contribution < 1.29 is 9.53 Å². The Hall–Kier alpha value is -1.79. The van der Waals surface area contributed by atoms with Gasteiger partial charge in [0.2, 0.25) is 5.91 Å². The number of nitrogens with zero attached hydrogens (tertiary/aromatic N) is 1. The van der Waals surface area contributed by atoms with Crippen molar-refractivity contribution in [3.8, 4) is 5.75 Å². The number of rotatable bonds is 4. The maximum Gasteiger partial charge on any atom is 0.221 e. The third-order valence-corrected chi connectivity index (χ3v) is 6.95. The minimum absolute atomic E-state index is 0.105. The summed E-state index contributed by atoms with van der Waals surface area (Å²) in [7, 11) is 0. The first-order valence-corrected chi connectivity index (χ1v) is 11.2. The number of nitrogens with one attached hydrogen (secondary N) is 2. The molecule has 2 aromatic carbocycles. The number of ether oxygens (including phenoxy) is 1. The van der Waals surface area contributed by atoms with E-state index in [1.165, 1.54) is 19.8 Å². The van der Waals surface area contributed by atoms with E-state index in [1.807, 2.05) is 36.4 Å². The molecule has 1 aliphatic carbocycles. The van der Waals surface area contributed by atoms with Gasteiger partial charge in [-0.2, -0.15) is 0 Å². The van der Waals surface area contributed by atoms with Crippen LogP contribution in [0.4, 0.5) is 5.69 Å². The summed E-state index contributed by atoms with van der Waals surface area (Å²) in [4.78, 5) is 14.0. The van der Waals surface area contributed by atoms with Crippen molar-refractivity contribution in [1.29, 1.82) is 0 Å². The van der Waals surface area contributed by atoms with Gasteiger partial charge in [-0.15, -0.1) is 0 Å². The summed E-state index contributed by atoms with van der Waals surface area (Å²) in [6.45, 7) is 3.54. The van der Waals surface area contributed by atoms with E-state index in [4.69, 9.17) is 27.9 Å². The van der Waals surface area contributed by atoms with E-state index in [0.29, 0.717) is 22.1 Å². The van der Waals surface area contributed by atoms with Crippen molar-refractivity contribution in [3.63, 3.8) is 0 Å².